The maximum atomic E-state index is 13.2. The highest BCUT2D eigenvalue weighted by atomic mass is 16.2. The van der Waals surface area contributed by atoms with Crippen LogP contribution in [-0.4, -0.2) is 46.2 Å². The normalized spacial score (nSPS) is 21.2. The molecule has 6 rings (SSSR count). The van der Waals surface area contributed by atoms with Crippen molar-refractivity contribution in [2.75, 3.05) is 13.6 Å². The van der Waals surface area contributed by atoms with E-state index in [2.05, 4.69) is 47.4 Å². The van der Waals surface area contributed by atoms with Crippen LogP contribution in [-0.2, 0) is 16.0 Å². The van der Waals surface area contributed by atoms with Crippen LogP contribution in [0.5, 0.6) is 0 Å². The van der Waals surface area contributed by atoms with Gasteiger partial charge in [-0.3, -0.25) is 9.59 Å². The molecule has 1 N–H and O–H groups in total. The van der Waals surface area contributed by atoms with Crippen molar-refractivity contribution in [3.63, 3.8) is 0 Å². The third-order valence-corrected chi connectivity index (χ3v) is 6.54. The number of amides is 2. The number of hydrogen-bond acceptors (Lipinski definition) is 2. The molecule has 3 heterocycles. The monoisotopic (exact) mass is 395 g/mol. The van der Waals surface area contributed by atoms with E-state index >= 15 is 0 Å². The van der Waals surface area contributed by atoms with Gasteiger partial charge >= 0.3 is 0 Å². The molecule has 3 aromatic carbocycles. The Morgan fingerprint density at radius 2 is 1.70 bits per heavy atom. The molecule has 4 aromatic rings. The van der Waals surface area contributed by atoms with Crippen LogP contribution >= 0.6 is 0 Å². The predicted octanol–water partition coefficient (Wildman–Crippen LogP) is 3.64. The Kier molecular flexibility index (Phi) is 3.57. The van der Waals surface area contributed by atoms with Gasteiger partial charge in [-0.25, -0.2) is 0 Å². The fraction of sp³-hybridized carbons (Fsp3) is 0.200. The third-order valence-electron chi connectivity index (χ3n) is 6.54. The van der Waals surface area contributed by atoms with Gasteiger partial charge in [-0.2, -0.15) is 0 Å². The molecule has 5 heteroatoms. The summed E-state index contributed by atoms with van der Waals surface area (Å²) >= 11 is 0. The van der Waals surface area contributed by atoms with E-state index in [4.69, 9.17) is 0 Å². The molecule has 1 saturated heterocycles. The standard InChI is InChI=1S/C25H21N3O2/c1-27-14-22(29)28-21(25(27)30)13-19-18-8-4-5-9-20(18)26-23(19)24(28)17-11-10-15-6-2-3-7-16(15)12-17/h2-12,21,24,26H,13-14H2,1H3/t21-,24+/m1/s1. The lowest BCUT2D eigenvalue weighted by Gasteiger charge is -2.46. The van der Waals surface area contributed by atoms with Gasteiger partial charge in [0, 0.05) is 30.1 Å². The second-order valence-corrected chi connectivity index (χ2v) is 8.29. The smallest absolute Gasteiger partial charge is 0.245 e. The number of aromatic nitrogens is 1. The summed E-state index contributed by atoms with van der Waals surface area (Å²) in [5.74, 6) is 0.000819. The van der Waals surface area contributed by atoms with E-state index in [1.807, 2.05) is 29.2 Å². The van der Waals surface area contributed by atoms with Crippen molar-refractivity contribution in [2.45, 2.75) is 18.5 Å². The molecule has 2 aliphatic rings. The zero-order valence-electron chi connectivity index (χ0n) is 16.6. The molecule has 0 saturated carbocycles. The Morgan fingerprint density at radius 1 is 0.933 bits per heavy atom. The number of H-pyrrole nitrogens is 1. The lowest BCUT2D eigenvalue weighted by molar-refractivity contribution is -0.157. The first kappa shape index (κ1) is 17.3. The molecule has 148 valence electrons. The van der Waals surface area contributed by atoms with Gasteiger partial charge in [-0.1, -0.05) is 54.6 Å². The molecule has 0 spiro atoms. The highest BCUT2D eigenvalue weighted by Crippen LogP contribution is 2.42. The Labute approximate surface area is 173 Å². The molecule has 2 aliphatic heterocycles. The van der Waals surface area contributed by atoms with Crippen molar-refractivity contribution in [1.82, 2.24) is 14.8 Å². The van der Waals surface area contributed by atoms with Gasteiger partial charge in [-0.05, 0) is 34.0 Å². The Balaban J connectivity index is 1.62. The number of piperazine rings is 1. The summed E-state index contributed by atoms with van der Waals surface area (Å²) in [6, 6.07) is 21.9. The first-order valence-corrected chi connectivity index (χ1v) is 10.3. The lowest BCUT2D eigenvalue weighted by atomic mass is 9.86. The van der Waals surface area contributed by atoms with Crippen LogP contribution in [0.4, 0.5) is 0 Å². The number of carbonyl (C=O) groups is 2. The van der Waals surface area contributed by atoms with E-state index in [9.17, 15) is 9.59 Å². The number of benzene rings is 3. The van der Waals surface area contributed by atoms with Gasteiger partial charge in [0.1, 0.15) is 6.04 Å². The van der Waals surface area contributed by atoms with E-state index in [1.165, 1.54) is 0 Å². The van der Waals surface area contributed by atoms with Crippen LogP contribution in [0, 0.1) is 0 Å². The highest BCUT2D eigenvalue weighted by Gasteiger charge is 2.47. The average molecular weight is 395 g/mol. The van der Waals surface area contributed by atoms with Crippen molar-refractivity contribution < 1.29 is 9.59 Å². The van der Waals surface area contributed by atoms with Gasteiger partial charge < -0.3 is 14.8 Å². The van der Waals surface area contributed by atoms with Crippen LogP contribution in [0.25, 0.3) is 21.7 Å². The summed E-state index contributed by atoms with van der Waals surface area (Å²) in [5, 5.41) is 3.42. The number of carbonyl (C=O) groups excluding carboxylic acids is 2. The molecular formula is C25H21N3O2. The van der Waals surface area contributed by atoms with Gasteiger partial charge in [-0.15, -0.1) is 0 Å². The zero-order chi connectivity index (χ0) is 20.4. The number of fused-ring (bicyclic) bond motifs is 5. The minimum absolute atomic E-state index is 0.00966. The summed E-state index contributed by atoms with van der Waals surface area (Å²) in [4.78, 5) is 33.2. The lowest BCUT2D eigenvalue weighted by Crippen LogP contribution is -2.62. The highest BCUT2D eigenvalue weighted by molar-refractivity contribution is 5.97. The summed E-state index contributed by atoms with van der Waals surface area (Å²) in [5.41, 5.74) is 4.23. The molecule has 5 nitrogen and oxygen atoms in total. The molecular weight excluding hydrogens is 374 g/mol. The number of aromatic amines is 1. The van der Waals surface area contributed by atoms with Gasteiger partial charge in [0.2, 0.25) is 11.8 Å². The number of nitrogens with one attached hydrogen (secondary N) is 1. The van der Waals surface area contributed by atoms with E-state index in [0.717, 1.165) is 38.5 Å². The van der Waals surface area contributed by atoms with Crippen LogP contribution < -0.4 is 0 Å². The second kappa shape index (κ2) is 6.20. The summed E-state index contributed by atoms with van der Waals surface area (Å²) in [6.45, 7) is 0.120. The maximum absolute atomic E-state index is 13.2. The van der Waals surface area contributed by atoms with Crippen molar-refractivity contribution in [3.8, 4) is 0 Å². The minimum atomic E-state index is -0.473. The zero-order valence-corrected chi connectivity index (χ0v) is 16.6. The molecule has 1 aromatic heterocycles. The molecule has 0 unspecified atom stereocenters. The number of rotatable bonds is 1. The van der Waals surface area contributed by atoms with Crippen LogP contribution in [0.15, 0.2) is 66.7 Å². The Bertz CT molecular complexity index is 1340. The minimum Gasteiger partial charge on any atom is -0.356 e. The van der Waals surface area contributed by atoms with Crippen molar-refractivity contribution in [3.05, 3.63) is 83.6 Å². The Hall–Kier alpha value is -3.60. The largest absolute Gasteiger partial charge is 0.356 e. The fourth-order valence-electron chi connectivity index (χ4n) is 5.13. The topological polar surface area (TPSA) is 56.4 Å². The number of likely N-dealkylation sites (N-methyl/N-ethyl adjacent to an activating group) is 1. The second-order valence-electron chi connectivity index (χ2n) is 8.29. The average Bonchev–Trinajstić information content (AvgIpc) is 3.14. The SMILES string of the molecule is CN1CC(=O)N2[C@@H](c3ccc4ccccc4c3)c3[nH]c4ccccc4c3C[C@@H]2C1=O. The molecule has 1 fully saturated rings. The first-order chi connectivity index (χ1) is 14.6. The van der Waals surface area contributed by atoms with E-state index in [0.29, 0.717) is 6.42 Å². The van der Waals surface area contributed by atoms with E-state index in [1.54, 1.807) is 11.9 Å². The third kappa shape index (κ3) is 2.35. The van der Waals surface area contributed by atoms with E-state index in [-0.39, 0.29) is 24.4 Å². The quantitative estimate of drug-likeness (QED) is 0.535. The van der Waals surface area contributed by atoms with Crippen LogP contribution in [0.1, 0.15) is 22.9 Å². The summed E-state index contributed by atoms with van der Waals surface area (Å²) < 4.78 is 0. The van der Waals surface area contributed by atoms with Crippen molar-refractivity contribution in [2.24, 2.45) is 0 Å². The predicted molar refractivity (Wildman–Crippen MR) is 116 cm³/mol. The van der Waals surface area contributed by atoms with Crippen LogP contribution in [0.2, 0.25) is 0 Å². The summed E-state index contributed by atoms with van der Waals surface area (Å²) in [7, 11) is 1.72. The number of hydrogen-bond donors (Lipinski definition) is 1. The van der Waals surface area contributed by atoms with Gasteiger partial charge in [0.15, 0.2) is 0 Å². The molecule has 30 heavy (non-hydrogen) atoms. The molecule has 0 radical (unpaired) electrons. The maximum Gasteiger partial charge on any atom is 0.245 e. The molecule has 2 amide bonds. The number of nitrogens with zero attached hydrogens (tertiary/aromatic N) is 2. The Morgan fingerprint density at radius 3 is 2.57 bits per heavy atom. The number of para-hydroxylation sites is 1. The van der Waals surface area contributed by atoms with E-state index < -0.39 is 6.04 Å². The molecule has 2 atom stereocenters. The summed E-state index contributed by atoms with van der Waals surface area (Å²) in [6.07, 6.45) is 0.540. The van der Waals surface area contributed by atoms with Crippen molar-refractivity contribution in [1.29, 1.82) is 0 Å². The van der Waals surface area contributed by atoms with Crippen molar-refractivity contribution >= 4 is 33.5 Å². The van der Waals surface area contributed by atoms with Gasteiger partial charge in [0.25, 0.3) is 0 Å². The molecule has 0 aliphatic carbocycles. The first-order valence-electron chi connectivity index (χ1n) is 10.3. The molecule has 0 bridgehead atoms. The van der Waals surface area contributed by atoms with Gasteiger partial charge in [0.05, 0.1) is 12.6 Å². The van der Waals surface area contributed by atoms with Crippen LogP contribution in [0.3, 0.4) is 0 Å². The fourth-order valence-corrected chi connectivity index (χ4v) is 5.13.